The number of hydrogen-bond donors (Lipinski definition) is 1. The Balaban J connectivity index is 2.09. The Morgan fingerprint density at radius 1 is 1.10 bits per heavy atom. The lowest BCUT2D eigenvalue weighted by Gasteiger charge is -2.18. The van der Waals surface area contributed by atoms with E-state index in [1.165, 1.54) is 33.0 Å². The molecule has 0 aliphatic rings. The summed E-state index contributed by atoms with van der Waals surface area (Å²) in [6.07, 6.45) is -1.15. The molecule has 1 heterocycles. The van der Waals surface area contributed by atoms with Crippen LogP contribution in [0.2, 0.25) is 0 Å². The summed E-state index contributed by atoms with van der Waals surface area (Å²) in [5, 5.41) is 0. The second kappa shape index (κ2) is 8.93. The number of aromatic nitrogens is 1. The van der Waals surface area contributed by atoms with Crippen molar-refractivity contribution in [3.05, 3.63) is 52.3 Å². The molecule has 9 heteroatoms. The number of sulfonamides is 1. The zero-order valence-electron chi connectivity index (χ0n) is 17.9. The van der Waals surface area contributed by atoms with Crippen molar-refractivity contribution in [2.75, 3.05) is 13.6 Å². The highest BCUT2D eigenvalue weighted by Crippen LogP contribution is 2.21. The third kappa shape index (κ3) is 4.85. The lowest BCUT2D eigenvalue weighted by atomic mass is 10.0. The fourth-order valence-electron chi connectivity index (χ4n) is 3.17. The number of ketones is 2. The van der Waals surface area contributed by atoms with E-state index in [2.05, 4.69) is 4.98 Å². The maximum Gasteiger partial charge on any atom is 0.322 e. The summed E-state index contributed by atoms with van der Waals surface area (Å²) >= 11 is 0. The van der Waals surface area contributed by atoms with Crippen LogP contribution in [-0.2, 0) is 19.6 Å². The summed E-state index contributed by atoms with van der Waals surface area (Å²) in [4.78, 5) is 39.6. The Morgan fingerprint density at radius 2 is 1.67 bits per heavy atom. The minimum atomic E-state index is -3.87. The molecule has 0 aliphatic carbocycles. The lowest BCUT2D eigenvalue weighted by Crippen LogP contribution is -2.35. The van der Waals surface area contributed by atoms with E-state index in [1.807, 2.05) is 6.92 Å². The minimum Gasteiger partial charge on any atom is -0.453 e. The number of aromatic amines is 1. The summed E-state index contributed by atoms with van der Waals surface area (Å²) < 4.78 is 31.2. The number of carbonyl (C=O) groups is 3. The summed E-state index contributed by atoms with van der Waals surface area (Å²) in [6.45, 7) is 7.42. The molecular formula is C21H26N2O6S. The maximum atomic E-state index is 12.7. The largest absolute Gasteiger partial charge is 0.453 e. The van der Waals surface area contributed by atoms with Crippen molar-refractivity contribution in [3.63, 3.8) is 0 Å². The third-order valence-electron chi connectivity index (χ3n) is 4.79. The van der Waals surface area contributed by atoms with Crippen LogP contribution in [0.3, 0.4) is 0 Å². The molecule has 0 spiro atoms. The molecule has 0 saturated carbocycles. The van der Waals surface area contributed by atoms with Gasteiger partial charge in [-0.1, -0.05) is 17.7 Å². The molecule has 2 aromatic rings. The Hall–Kier alpha value is -2.78. The van der Waals surface area contributed by atoms with E-state index in [0.29, 0.717) is 16.8 Å². The predicted octanol–water partition coefficient (Wildman–Crippen LogP) is 2.58. The molecule has 2 rings (SSSR count). The SMILES string of the molecule is CC(=O)c1c(C)[nH]c(C(=O)C(C)OC(=O)CN(C)S(=O)(=O)c2ccc(C)cc2)c1C. The molecule has 162 valence electrons. The quantitative estimate of drug-likeness (QED) is 0.505. The Labute approximate surface area is 176 Å². The lowest BCUT2D eigenvalue weighted by molar-refractivity contribution is -0.146. The van der Waals surface area contributed by atoms with Gasteiger partial charge in [-0.2, -0.15) is 4.31 Å². The Bertz CT molecular complexity index is 1080. The highest BCUT2D eigenvalue weighted by molar-refractivity contribution is 7.89. The second-order valence-corrected chi connectivity index (χ2v) is 9.30. The Morgan fingerprint density at radius 3 is 2.17 bits per heavy atom. The van der Waals surface area contributed by atoms with Crippen LogP contribution in [0, 0.1) is 20.8 Å². The van der Waals surface area contributed by atoms with Crippen LogP contribution in [0.5, 0.6) is 0 Å². The number of Topliss-reactive ketones (excluding diaryl/α,β-unsaturated/α-hetero) is 2. The molecule has 8 nitrogen and oxygen atoms in total. The normalized spacial score (nSPS) is 12.6. The average Bonchev–Trinajstić information content (AvgIpc) is 2.95. The molecule has 1 unspecified atom stereocenters. The van der Waals surface area contributed by atoms with E-state index >= 15 is 0 Å². The maximum absolute atomic E-state index is 12.7. The molecule has 0 radical (unpaired) electrons. The second-order valence-electron chi connectivity index (χ2n) is 7.25. The number of esters is 1. The highest BCUT2D eigenvalue weighted by atomic mass is 32.2. The van der Waals surface area contributed by atoms with Gasteiger partial charge in [0.05, 0.1) is 10.6 Å². The van der Waals surface area contributed by atoms with Crippen LogP contribution in [0.4, 0.5) is 0 Å². The molecule has 1 N–H and O–H groups in total. The van der Waals surface area contributed by atoms with Gasteiger partial charge >= 0.3 is 5.97 Å². The van der Waals surface area contributed by atoms with Gasteiger partial charge in [-0.15, -0.1) is 0 Å². The molecule has 0 aliphatic heterocycles. The highest BCUT2D eigenvalue weighted by Gasteiger charge is 2.28. The van der Waals surface area contributed by atoms with Crippen molar-refractivity contribution >= 4 is 27.6 Å². The van der Waals surface area contributed by atoms with E-state index in [9.17, 15) is 22.8 Å². The van der Waals surface area contributed by atoms with Gasteiger partial charge in [0.1, 0.15) is 6.54 Å². The first-order chi connectivity index (χ1) is 13.9. The average molecular weight is 435 g/mol. The zero-order valence-corrected chi connectivity index (χ0v) is 18.7. The van der Waals surface area contributed by atoms with Crippen molar-refractivity contribution in [2.45, 2.75) is 45.6 Å². The molecule has 1 atom stereocenters. The Kier molecular flexibility index (Phi) is 6.99. The van der Waals surface area contributed by atoms with Gasteiger partial charge in [0.25, 0.3) is 0 Å². The smallest absolute Gasteiger partial charge is 0.322 e. The predicted molar refractivity (Wildman–Crippen MR) is 111 cm³/mol. The molecule has 1 aromatic carbocycles. The number of ether oxygens (including phenoxy) is 1. The van der Waals surface area contributed by atoms with Gasteiger partial charge in [0.2, 0.25) is 15.8 Å². The first kappa shape index (κ1) is 23.5. The standard InChI is InChI=1S/C21H26N2O6S/c1-12-7-9-17(10-8-12)30(27,28)23(6)11-18(25)29-16(5)21(26)20-13(2)19(15(4)24)14(3)22-20/h7-10,16,22H,11H2,1-6H3. The zero-order chi connectivity index (χ0) is 22.8. The molecule has 0 bridgehead atoms. The number of benzene rings is 1. The minimum absolute atomic E-state index is 0.0572. The van der Waals surface area contributed by atoms with Crippen molar-refractivity contribution in [3.8, 4) is 0 Å². The van der Waals surface area contributed by atoms with Crippen molar-refractivity contribution < 1.29 is 27.5 Å². The summed E-state index contributed by atoms with van der Waals surface area (Å²) in [7, 11) is -2.61. The van der Waals surface area contributed by atoms with E-state index in [4.69, 9.17) is 4.74 Å². The van der Waals surface area contributed by atoms with E-state index < -0.39 is 34.4 Å². The summed E-state index contributed by atoms with van der Waals surface area (Å²) in [6, 6.07) is 6.24. The van der Waals surface area contributed by atoms with Gasteiger partial charge in [-0.25, -0.2) is 8.42 Å². The van der Waals surface area contributed by atoms with Crippen molar-refractivity contribution in [1.29, 1.82) is 0 Å². The molecule has 0 fully saturated rings. The first-order valence-corrected chi connectivity index (χ1v) is 10.8. The van der Waals surface area contributed by atoms with Gasteiger partial charge in [0.15, 0.2) is 11.9 Å². The van der Waals surface area contributed by atoms with Gasteiger partial charge in [-0.3, -0.25) is 14.4 Å². The molecule has 0 amide bonds. The monoisotopic (exact) mass is 434 g/mol. The summed E-state index contributed by atoms with van der Waals surface area (Å²) in [5.74, 6) is -1.53. The molecule has 30 heavy (non-hydrogen) atoms. The number of H-pyrrole nitrogens is 1. The van der Waals surface area contributed by atoms with Gasteiger partial charge < -0.3 is 9.72 Å². The first-order valence-electron chi connectivity index (χ1n) is 9.33. The fraction of sp³-hybridized carbons (Fsp3) is 0.381. The van der Waals surface area contributed by atoms with E-state index in [1.54, 1.807) is 26.0 Å². The topological polar surface area (TPSA) is 114 Å². The van der Waals surface area contributed by atoms with E-state index in [0.717, 1.165) is 9.87 Å². The van der Waals surface area contributed by atoms with Crippen molar-refractivity contribution in [1.82, 2.24) is 9.29 Å². The number of aryl methyl sites for hydroxylation is 2. The van der Waals surface area contributed by atoms with Crippen molar-refractivity contribution in [2.24, 2.45) is 0 Å². The van der Waals surface area contributed by atoms with Gasteiger partial charge in [0, 0.05) is 18.3 Å². The van der Waals surface area contributed by atoms with E-state index in [-0.39, 0.29) is 16.4 Å². The number of likely N-dealkylation sites (N-methyl/N-ethyl adjacent to an activating group) is 1. The number of hydrogen-bond acceptors (Lipinski definition) is 6. The van der Waals surface area contributed by atoms with Crippen LogP contribution in [-0.4, -0.2) is 54.9 Å². The third-order valence-corrected chi connectivity index (χ3v) is 6.61. The van der Waals surface area contributed by atoms with Crippen LogP contribution in [0.25, 0.3) is 0 Å². The van der Waals surface area contributed by atoms with Crippen LogP contribution in [0.1, 0.15) is 51.5 Å². The molecular weight excluding hydrogens is 408 g/mol. The fourth-order valence-corrected chi connectivity index (χ4v) is 4.29. The number of nitrogens with zero attached hydrogens (tertiary/aromatic N) is 1. The molecule has 0 saturated heterocycles. The number of carbonyl (C=O) groups excluding carboxylic acids is 3. The molecule has 1 aromatic heterocycles. The number of rotatable bonds is 8. The van der Waals surface area contributed by atoms with Crippen LogP contribution >= 0.6 is 0 Å². The van der Waals surface area contributed by atoms with Crippen LogP contribution in [0.15, 0.2) is 29.2 Å². The summed E-state index contributed by atoms with van der Waals surface area (Å²) in [5.41, 5.74) is 2.59. The number of nitrogens with one attached hydrogen (secondary N) is 1. The van der Waals surface area contributed by atoms with Crippen LogP contribution < -0.4 is 0 Å². The van der Waals surface area contributed by atoms with Gasteiger partial charge in [-0.05, 0) is 52.3 Å².